The molecule has 10 heteroatoms. The minimum atomic E-state index is -3.05. The minimum absolute atomic E-state index is 0.0508. The van der Waals surface area contributed by atoms with Crippen LogP contribution in [0, 0.1) is 0 Å². The first-order chi connectivity index (χ1) is 14.0. The molecule has 3 heterocycles. The molecule has 8 nitrogen and oxygen atoms in total. The van der Waals surface area contributed by atoms with E-state index < -0.39 is 9.84 Å². The van der Waals surface area contributed by atoms with Gasteiger partial charge in [0.25, 0.3) is 5.22 Å². The highest BCUT2D eigenvalue weighted by molar-refractivity contribution is 7.99. The first-order valence-electron chi connectivity index (χ1n) is 9.90. The van der Waals surface area contributed by atoms with Crippen molar-refractivity contribution in [1.29, 1.82) is 0 Å². The molecule has 2 aliphatic rings. The molecule has 0 radical (unpaired) electrons. The van der Waals surface area contributed by atoms with Gasteiger partial charge in [-0.3, -0.25) is 9.78 Å². The van der Waals surface area contributed by atoms with E-state index >= 15 is 0 Å². The fourth-order valence-electron chi connectivity index (χ4n) is 4.13. The zero-order chi connectivity index (χ0) is 20.3. The van der Waals surface area contributed by atoms with E-state index in [-0.39, 0.29) is 35.2 Å². The van der Waals surface area contributed by atoms with Gasteiger partial charge in [0.15, 0.2) is 9.84 Å². The molecule has 0 bridgehead atoms. The molecule has 2 aromatic rings. The molecule has 29 heavy (non-hydrogen) atoms. The number of carbonyl (C=O) groups excluding carboxylic acids is 1. The van der Waals surface area contributed by atoms with Gasteiger partial charge >= 0.3 is 0 Å². The fraction of sp³-hybridized carbons (Fsp3) is 0.579. The van der Waals surface area contributed by atoms with Gasteiger partial charge in [0.1, 0.15) is 0 Å². The molecule has 0 aromatic carbocycles. The van der Waals surface area contributed by atoms with Crippen molar-refractivity contribution in [2.45, 2.75) is 55.8 Å². The van der Waals surface area contributed by atoms with E-state index in [4.69, 9.17) is 4.42 Å². The minimum Gasteiger partial charge on any atom is -0.411 e. The maximum Gasteiger partial charge on any atom is 0.277 e. The summed E-state index contributed by atoms with van der Waals surface area (Å²) in [6.45, 7) is 0. The number of hydrogen-bond acceptors (Lipinski definition) is 8. The summed E-state index contributed by atoms with van der Waals surface area (Å²) in [5, 5.41) is 8.34. The lowest BCUT2D eigenvalue weighted by atomic mass is 9.93. The lowest BCUT2D eigenvalue weighted by Crippen LogP contribution is -2.49. The number of rotatable bonds is 6. The predicted octanol–water partition coefficient (Wildman–Crippen LogP) is 2.57. The smallest absolute Gasteiger partial charge is 0.277 e. The van der Waals surface area contributed by atoms with Gasteiger partial charge in [0, 0.05) is 24.5 Å². The topological polar surface area (TPSA) is 106 Å². The zero-order valence-corrected chi connectivity index (χ0v) is 17.7. The SMILES string of the molecule is O=C(CSc1nnc(-c2cccnc2)o1)N(C1CCCCC1)[C@@H]1CCS(=O)(=O)C1. The van der Waals surface area contributed by atoms with E-state index in [0.29, 0.717) is 17.5 Å². The van der Waals surface area contributed by atoms with Gasteiger partial charge in [-0.2, -0.15) is 0 Å². The van der Waals surface area contributed by atoms with Crippen molar-refractivity contribution >= 4 is 27.5 Å². The summed E-state index contributed by atoms with van der Waals surface area (Å²) in [6, 6.07) is 3.52. The number of hydrogen-bond donors (Lipinski definition) is 0. The number of thioether (sulfide) groups is 1. The largest absolute Gasteiger partial charge is 0.411 e. The summed E-state index contributed by atoms with van der Waals surface area (Å²) >= 11 is 1.19. The van der Waals surface area contributed by atoms with Crippen molar-refractivity contribution in [3.05, 3.63) is 24.5 Å². The molecule has 0 spiro atoms. The molecule has 1 amide bonds. The lowest BCUT2D eigenvalue weighted by Gasteiger charge is -2.38. The Labute approximate surface area is 174 Å². The second kappa shape index (κ2) is 8.83. The molecule has 0 N–H and O–H groups in total. The van der Waals surface area contributed by atoms with E-state index in [1.54, 1.807) is 18.5 Å². The normalized spacial score (nSPS) is 21.9. The summed E-state index contributed by atoms with van der Waals surface area (Å²) in [6.07, 6.45) is 9.06. The number of aromatic nitrogens is 3. The third-order valence-corrected chi connectivity index (χ3v) is 8.05. The Morgan fingerprint density at radius 2 is 2.00 bits per heavy atom. The van der Waals surface area contributed by atoms with Crippen molar-refractivity contribution < 1.29 is 17.6 Å². The van der Waals surface area contributed by atoms with Gasteiger partial charge in [-0.15, -0.1) is 10.2 Å². The van der Waals surface area contributed by atoms with Crippen LogP contribution in [0.3, 0.4) is 0 Å². The maximum absolute atomic E-state index is 13.1. The number of sulfone groups is 1. The Balaban J connectivity index is 1.43. The van der Waals surface area contributed by atoms with E-state index in [2.05, 4.69) is 15.2 Å². The van der Waals surface area contributed by atoms with Gasteiger partial charge in [-0.05, 0) is 31.4 Å². The first kappa shape index (κ1) is 20.3. The molecule has 1 aliphatic heterocycles. The van der Waals surface area contributed by atoms with Gasteiger partial charge < -0.3 is 9.32 Å². The highest BCUT2D eigenvalue weighted by Gasteiger charge is 2.38. The van der Waals surface area contributed by atoms with Crippen molar-refractivity contribution in [3.8, 4) is 11.5 Å². The van der Waals surface area contributed by atoms with Gasteiger partial charge in [-0.25, -0.2) is 8.42 Å². The van der Waals surface area contributed by atoms with Crippen molar-refractivity contribution in [3.63, 3.8) is 0 Å². The molecule has 2 aromatic heterocycles. The number of carbonyl (C=O) groups is 1. The van der Waals surface area contributed by atoms with Crippen LogP contribution in [0.1, 0.15) is 38.5 Å². The number of pyridine rings is 1. The van der Waals surface area contributed by atoms with Crippen LogP contribution in [0.2, 0.25) is 0 Å². The maximum atomic E-state index is 13.1. The Hall–Kier alpha value is -1.94. The molecule has 2 fully saturated rings. The van der Waals surface area contributed by atoms with Crippen LogP contribution in [-0.4, -0.2) is 63.7 Å². The predicted molar refractivity (Wildman–Crippen MR) is 109 cm³/mol. The van der Waals surface area contributed by atoms with Gasteiger partial charge in [-0.1, -0.05) is 31.0 Å². The van der Waals surface area contributed by atoms with Crippen LogP contribution >= 0.6 is 11.8 Å². The molecule has 156 valence electrons. The van der Waals surface area contributed by atoms with E-state index in [1.807, 2.05) is 11.0 Å². The molecule has 1 saturated carbocycles. The van der Waals surface area contributed by atoms with E-state index in [0.717, 1.165) is 31.2 Å². The average molecular weight is 437 g/mol. The Morgan fingerprint density at radius 1 is 1.17 bits per heavy atom. The van der Waals surface area contributed by atoms with Crippen LogP contribution in [0.5, 0.6) is 0 Å². The summed E-state index contributed by atoms with van der Waals surface area (Å²) in [5.74, 6) is 0.705. The molecule has 1 atom stereocenters. The summed E-state index contributed by atoms with van der Waals surface area (Å²) in [5.41, 5.74) is 0.721. The standard InChI is InChI=1S/C19H24N4O4S2/c24-17(12-28-19-22-21-18(27-19)14-5-4-9-20-11-14)23(15-6-2-1-3-7-15)16-8-10-29(25,26)13-16/h4-5,9,11,15-16H,1-3,6-8,10,12-13H2/t16-/m1/s1. The molecule has 1 aliphatic carbocycles. The lowest BCUT2D eigenvalue weighted by molar-refractivity contribution is -0.133. The van der Waals surface area contributed by atoms with Crippen LogP contribution < -0.4 is 0 Å². The molecular formula is C19H24N4O4S2. The van der Waals surface area contributed by atoms with Crippen LogP contribution in [-0.2, 0) is 14.6 Å². The van der Waals surface area contributed by atoms with Gasteiger partial charge in [0.2, 0.25) is 11.8 Å². The second-order valence-electron chi connectivity index (χ2n) is 7.55. The number of amides is 1. The first-order valence-corrected chi connectivity index (χ1v) is 12.7. The zero-order valence-electron chi connectivity index (χ0n) is 16.1. The summed E-state index contributed by atoms with van der Waals surface area (Å²) in [4.78, 5) is 19.0. The second-order valence-corrected chi connectivity index (χ2v) is 10.7. The van der Waals surface area contributed by atoms with Crippen molar-refractivity contribution in [1.82, 2.24) is 20.1 Å². The Bertz CT molecular complexity index is 942. The third-order valence-electron chi connectivity index (χ3n) is 5.49. The van der Waals surface area contributed by atoms with Crippen molar-refractivity contribution in [2.24, 2.45) is 0 Å². The third kappa shape index (κ3) is 4.98. The monoisotopic (exact) mass is 436 g/mol. The van der Waals surface area contributed by atoms with Crippen molar-refractivity contribution in [2.75, 3.05) is 17.3 Å². The Kier molecular flexibility index (Phi) is 6.19. The fourth-order valence-corrected chi connectivity index (χ4v) is 6.48. The quantitative estimate of drug-likeness (QED) is 0.636. The highest BCUT2D eigenvalue weighted by Crippen LogP contribution is 2.30. The summed E-state index contributed by atoms with van der Waals surface area (Å²) in [7, 11) is -3.05. The average Bonchev–Trinajstić information content (AvgIpc) is 3.34. The van der Waals surface area contributed by atoms with E-state index in [1.165, 1.54) is 18.2 Å². The Morgan fingerprint density at radius 3 is 2.69 bits per heavy atom. The van der Waals surface area contributed by atoms with Gasteiger partial charge in [0.05, 0.1) is 22.8 Å². The van der Waals surface area contributed by atoms with Crippen LogP contribution in [0.4, 0.5) is 0 Å². The summed E-state index contributed by atoms with van der Waals surface area (Å²) < 4.78 is 29.6. The highest BCUT2D eigenvalue weighted by atomic mass is 32.2. The van der Waals surface area contributed by atoms with E-state index in [9.17, 15) is 13.2 Å². The number of nitrogens with zero attached hydrogens (tertiary/aromatic N) is 4. The molecule has 1 saturated heterocycles. The van der Waals surface area contributed by atoms with Crippen LogP contribution in [0.15, 0.2) is 34.2 Å². The molecule has 4 rings (SSSR count). The van der Waals surface area contributed by atoms with Crippen LogP contribution in [0.25, 0.3) is 11.5 Å². The molecule has 0 unspecified atom stereocenters. The molecular weight excluding hydrogens is 412 g/mol.